The number of aryl methyl sites for hydroxylation is 1. The van der Waals surface area contributed by atoms with Gasteiger partial charge in [0.1, 0.15) is 18.2 Å². The van der Waals surface area contributed by atoms with Crippen molar-refractivity contribution < 1.29 is 13.6 Å². The first-order chi connectivity index (χ1) is 11.4. The average molecular weight is 329 g/mol. The summed E-state index contributed by atoms with van der Waals surface area (Å²) in [5.74, 6) is -1.31. The molecule has 0 atom stereocenters. The zero-order valence-electron chi connectivity index (χ0n) is 13.7. The monoisotopic (exact) mass is 329 g/mol. The van der Waals surface area contributed by atoms with Crippen molar-refractivity contribution >= 4 is 16.9 Å². The molecule has 0 spiro atoms. The van der Waals surface area contributed by atoms with Gasteiger partial charge in [-0.25, -0.2) is 8.78 Å². The Bertz CT molecular complexity index is 931. The van der Waals surface area contributed by atoms with Gasteiger partial charge in [0.05, 0.1) is 16.6 Å². The maximum absolute atomic E-state index is 14.4. The van der Waals surface area contributed by atoms with Gasteiger partial charge in [-0.05, 0) is 30.7 Å². The fraction of sp³-hybridized carbons (Fsp3) is 0.222. The minimum Gasteiger partial charge on any atom is -0.347 e. The second-order valence-electron chi connectivity index (χ2n) is 5.91. The molecule has 0 saturated heterocycles. The largest absolute Gasteiger partial charge is 0.347 e. The molecule has 0 aliphatic heterocycles. The Labute approximate surface area is 138 Å². The van der Waals surface area contributed by atoms with Crippen LogP contribution in [0.15, 0.2) is 36.7 Å². The third-order valence-electron chi connectivity index (χ3n) is 4.00. The van der Waals surface area contributed by atoms with Crippen LogP contribution in [0, 0.1) is 18.6 Å². The number of nitrogens with zero attached hydrogens (tertiary/aromatic N) is 3. The molecule has 1 amide bonds. The smallest absolute Gasteiger partial charge is 0.241 e. The summed E-state index contributed by atoms with van der Waals surface area (Å²) in [5, 5.41) is 0. The van der Waals surface area contributed by atoms with E-state index in [-0.39, 0.29) is 18.0 Å². The summed E-state index contributed by atoms with van der Waals surface area (Å²) in [4.78, 5) is 17.7. The molecule has 0 N–H and O–H groups in total. The molecule has 24 heavy (non-hydrogen) atoms. The Hall–Kier alpha value is -2.76. The number of fused-ring (bicyclic) bond motifs is 1. The molecular weight excluding hydrogens is 312 g/mol. The molecule has 2 aromatic heterocycles. The maximum Gasteiger partial charge on any atom is 0.241 e. The standard InChI is InChI=1S/C18H17F2N3O/c1-11-4-5-13(19)17(18(11)20)12-8-15-14(21-9-12)6-7-23(15)10-16(24)22(2)3/h4-9H,10H2,1-3H3. The van der Waals surface area contributed by atoms with Gasteiger partial charge in [-0.2, -0.15) is 0 Å². The van der Waals surface area contributed by atoms with Gasteiger partial charge < -0.3 is 9.47 Å². The van der Waals surface area contributed by atoms with Crippen LogP contribution in [0.3, 0.4) is 0 Å². The van der Waals surface area contributed by atoms with E-state index in [0.717, 1.165) is 0 Å². The van der Waals surface area contributed by atoms with E-state index in [9.17, 15) is 13.6 Å². The molecule has 6 heteroatoms. The highest BCUT2D eigenvalue weighted by Crippen LogP contribution is 2.29. The van der Waals surface area contributed by atoms with Crippen LogP contribution in [0.4, 0.5) is 8.78 Å². The Kier molecular flexibility index (Phi) is 4.05. The Morgan fingerprint density at radius 2 is 2.00 bits per heavy atom. The lowest BCUT2D eigenvalue weighted by molar-refractivity contribution is -0.129. The number of carbonyl (C=O) groups excluding carboxylic acids is 1. The van der Waals surface area contributed by atoms with Crippen LogP contribution in [0.25, 0.3) is 22.2 Å². The van der Waals surface area contributed by atoms with Crippen molar-refractivity contribution in [3.05, 3.63) is 53.9 Å². The van der Waals surface area contributed by atoms with Gasteiger partial charge in [0.15, 0.2) is 0 Å². The lowest BCUT2D eigenvalue weighted by Gasteiger charge is -2.12. The van der Waals surface area contributed by atoms with E-state index < -0.39 is 11.6 Å². The molecule has 0 saturated carbocycles. The quantitative estimate of drug-likeness (QED) is 0.739. The molecule has 0 aliphatic rings. The number of rotatable bonds is 3. The van der Waals surface area contributed by atoms with Gasteiger partial charge in [0.25, 0.3) is 0 Å². The molecule has 4 nitrogen and oxygen atoms in total. The molecule has 0 unspecified atom stereocenters. The van der Waals surface area contributed by atoms with Crippen molar-refractivity contribution in [1.29, 1.82) is 0 Å². The third kappa shape index (κ3) is 2.75. The first-order valence-electron chi connectivity index (χ1n) is 7.48. The number of amides is 1. The molecule has 3 aromatic rings. The van der Waals surface area contributed by atoms with E-state index in [0.29, 0.717) is 22.2 Å². The van der Waals surface area contributed by atoms with Crippen molar-refractivity contribution in [2.24, 2.45) is 0 Å². The minimum absolute atomic E-state index is 0.0779. The molecule has 1 aromatic carbocycles. The van der Waals surface area contributed by atoms with Crippen LogP contribution in [0.5, 0.6) is 0 Å². The first-order valence-corrected chi connectivity index (χ1v) is 7.48. The molecular formula is C18H17F2N3O. The van der Waals surface area contributed by atoms with Gasteiger partial charge in [0.2, 0.25) is 5.91 Å². The fourth-order valence-electron chi connectivity index (χ4n) is 2.55. The van der Waals surface area contributed by atoms with Gasteiger partial charge in [-0.15, -0.1) is 0 Å². The van der Waals surface area contributed by atoms with Gasteiger partial charge >= 0.3 is 0 Å². The summed E-state index contributed by atoms with van der Waals surface area (Å²) in [5.41, 5.74) is 1.93. The Morgan fingerprint density at radius 1 is 1.25 bits per heavy atom. The van der Waals surface area contributed by atoms with Crippen LogP contribution in [-0.4, -0.2) is 34.5 Å². The number of pyridine rings is 1. The SMILES string of the molecule is Cc1ccc(F)c(-c2cnc3ccn(CC(=O)N(C)C)c3c2)c1F. The van der Waals surface area contributed by atoms with Crippen LogP contribution in [0.1, 0.15) is 5.56 Å². The van der Waals surface area contributed by atoms with E-state index in [2.05, 4.69) is 4.98 Å². The van der Waals surface area contributed by atoms with Gasteiger partial charge in [-0.1, -0.05) is 6.07 Å². The van der Waals surface area contributed by atoms with Crippen LogP contribution < -0.4 is 0 Å². The van der Waals surface area contributed by atoms with Gasteiger partial charge in [-0.3, -0.25) is 9.78 Å². The van der Waals surface area contributed by atoms with Crippen molar-refractivity contribution in [2.45, 2.75) is 13.5 Å². The molecule has 124 valence electrons. The number of carbonyl (C=O) groups is 1. The van der Waals surface area contributed by atoms with E-state index in [1.165, 1.54) is 23.2 Å². The minimum atomic E-state index is -0.637. The normalized spacial score (nSPS) is 11.0. The number of hydrogen-bond acceptors (Lipinski definition) is 2. The summed E-state index contributed by atoms with van der Waals surface area (Å²) in [6.07, 6.45) is 3.19. The number of aromatic nitrogens is 2. The number of hydrogen-bond donors (Lipinski definition) is 0. The van der Waals surface area contributed by atoms with E-state index in [1.807, 2.05) is 0 Å². The fourth-order valence-corrected chi connectivity index (χ4v) is 2.55. The van der Waals surface area contributed by atoms with Crippen molar-refractivity contribution in [3.8, 4) is 11.1 Å². The third-order valence-corrected chi connectivity index (χ3v) is 4.00. The summed E-state index contributed by atoms with van der Waals surface area (Å²) >= 11 is 0. The zero-order valence-corrected chi connectivity index (χ0v) is 13.7. The second-order valence-corrected chi connectivity index (χ2v) is 5.91. The highest BCUT2D eigenvalue weighted by atomic mass is 19.1. The number of likely N-dealkylation sites (N-methyl/N-ethyl adjacent to an activating group) is 1. The summed E-state index contributed by atoms with van der Waals surface area (Å²) in [6, 6.07) is 6.07. The summed E-state index contributed by atoms with van der Waals surface area (Å²) in [6.45, 7) is 1.73. The van der Waals surface area contributed by atoms with Crippen molar-refractivity contribution in [3.63, 3.8) is 0 Å². The summed E-state index contributed by atoms with van der Waals surface area (Å²) in [7, 11) is 3.35. The van der Waals surface area contributed by atoms with E-state index in [4.69, 9.17) is 0 Å². The molecule has 2 heterocycles. The highest BCUT2D eigenvalue weighted by molar-refractivity contribution is 5.84. The predicted octanol–water partition coefficient (Wildman–Crippen LogP) is 3.38. The lowest BCUT2D eigenvalue weighted by Crippen LogP contribution is -2.25. The Morgan fingerprint density at radius 3 is 2.71 bits per heavy atom. The lowest BCUT2D eigenvalue weighted by atomic mass is 10.0. The van der Waals surface area contributed by atoms with Crippen LogP contribution >= 0.6 is 0 Å². The molecule has 0 fully saturated rings. The topological polar surface area (TPSA) is 38.1 Å². The maximum atomic E-state index is 14.4. The molecule has 0 bridgehead atoms. The van der Waals surface area contributed by atoms with Crippen LogP contribution in [-0.2, 0) is 11.3 Å². The van der Waals surface area contributed by atoms with E-state index >= 15 is 0 Å². The van der Waals surface area contributed by atoms with E-state index in [1.54, 1.807) is 43.9 Å². The predicted molar refractivity (Wildman–Crippen MR) is 88.5 cm³/mol. The highest BCUT2D eigenvalue weighted by Gasteiger charge is 2.16. The van der Waals surface area contributed by atoms with Crippen molar-refractivity contribution in [2.75, 3.05) is 14.1 Å². The number of halogens is 2. The van der Waals surface area contributed by atoms with Gasteiger partial charge in [0, 0.05) is 32.1 Å². The van der Waals surface area contributed by atoms with Crippen LogP contribution in [0.2, 0.25) is 0 Å². The molecule has 0 radical (unpaired) electrons. The second kappa shape index (κ2) is 6.03. The zero-order chi connectivity index (χ0) is 17.4. The first kappa shape index (κ1) is 16.1. The molecule has 3 rings (SSSR count). The Balaban J connectivity index is 2.12. The summed E-state index contributed by atoms with van der Waals surface area (Å²) < 4.78 is 30.2. The molecule has 0 aliphatic carbocycles. The van der Waals surface area contributed by atoms with Crippen molar-refractivity contribution in [1.82, 2.24) is 14.5 Å². The number of benzene rings is 1. The average Bonchev–Trinajstić information content (AvgIpc) is 2.94.